The van der Waals surface area contributed by atoms with Crippen LogP contribution in [-0.2, 0) is 13.5 Å². The Morgan fingerprint density at radius 1 is 1.22 bits per heavy atom. The molecule has 1 saturated carbocycles. The molecule has 0 spiro atoms. The molecule has 0 unspecified atom stereocenters. The summed E-state index contributed by atoms with van der Waals surface area (Å²) in [5.41, 5.74) is 4.66. The fourth-order valence-electron chi connectivity index (χ4n) is 3.83. The van der Waals surface area contributed by atoms with Crippen LogP contribution in [0.2, 0.25) is 0 Å². The molecule has 3 aromatic heterocycles. The second kappa shape index (κ2) is 6.19. The van der Waals surface area contributed by atoms with Crippen LogP contribution in [0.3, 0.4) is 0 Å². The lowest BCUT2D eigenvalue weighted by molar-refractivity contribution is 0.339. The number of nitrogens with zero attached hydrogens (tertiary/aromatic N) is 3. The Balaban J connectivity index is 1.56. The van der Waals surface area contributed by atoms with Gasteiger partial charge >= 0.3 is 0 Å². The molecule has 120 valence electrons. The van der Waals surface area contributed by atoms with Gasteiger partial charge in [-0.15, -0.1) is 0 Å². The molecule has 4 rings (SSSR count). The highest BCUT2D eigenvalue weighted by molar-refractivity contribution is 5.93. The fourth-order valence-corrected chi connectivity index (χ4v) is 3.83. The van der Waals surface area contributed by atoms with Crippen molar-refractivity contribution in [2.45, 2.75) is 44.9 Å². The van der Waals surface area contributed by atoms with Gasteiger partial charge in [0.15, 0.2) is 0 Å². The summed E-state index contributed by atoms with van der Waals surface area (Å²) in [6.07, 6.45) is 17.6. The third-order valence-electron chi connectivity index (χ3n) is 5.17. The Morgan fingerprint density at radius 3 is 2.87 bits per heavy atom. The molecule has 3 aromatic rings. The van der Waals surface area contributed by atoms with Crippen LogP contribution >= 0.6 is 0 Å². The Kier molecular flexibility index (Phi) is 3.90. The summed E-state index contributed by atoms with van der Waals surface area (Å²) < 4.78 is 1.84. The molecule has 0 bridgehead atoms. The number of aromatic amines is 1. The number of aryl methyl sites for hydroxylation is 2. The van der Waals surface area contributed by atoms with Crippen LogP contribution in [0.15, 0.2) is 30.9 Å². The zero-order valence-corrected chi connectivity index (χ0v) is 13.8. The van der Waals surface area contributed by atoms with Gasteiger partial charge in [0.05, 0.1) is 6.20 Å². The summed E-state index contributed by atoms with van der Waals surface area (Å²) in [4.78, 5) is 7.90. The van der Waals surface area contributed by atoms with Crippen LogP contribution in [0.4, 0.5) is 0 Å². The van der Waals surface area contributed by atoms with Gasteiger partial charge in [-0.25, -0.2) is 4.98 Å². The predicted octanol–water partition coefficient (Wildman–Crippen LogP) is 4.48. The SMILES string of the molecule is Cn1cc(-c2c[nH]c3ncc(CCC4CCCCC4)cc23)cn1. The largest absolute Gasteiger partial charge is 0.346 e. The Hall–Kier alpha value is -2.10. The summed E-state index contributed by atoms with van der Waals surface area (Å²) in [7, 11) is 1.95. The van der Waals surface area contributed by atoms with Crippen molar-refractivity contribution in [3.63, 3.8) is 0 Å². The summed E-state index contributed by atoms with van der Waals surface area (Å²) in [5.74, 6) is 0.920. The third-order valence-corrected chi connectivity index (χ3v) is 5.17. The van der Waals surface area contributed by atoms with Crippen molar-refractivity contribution in [2.24, 2.45) is 13.0 Å². The fraction of sp³-hybridized carbons (Fsp3) is 0.474. The van der Waals surface area contributed by atoms with Gasteiger partial charge in [-0.1, -0.05) is 32.1 Å². The number of hydrogen-bond acceptors (Lipinski definition) is 2. The van der Waals surface area contributed by atoms with Crippen LogP contribution in [0.1, 0.15) is 44.1 Å². The third kappa shape index (κ3) is 3.03. The van der Waals surface area contributed by atoms with Gasteiger partial charge in [0.2, 0.25) is 0 Å². The summed E-state index contributed by atoms with van der Waals surface area (Å²) >= 11 is 0. The smallest absolute Gasteiger partial charge is 0.137 e. The van der Waals surface area contributed by atoms with Gasteiger partial charge < -0.3 is 4.98 Å². The van der Waals surface area contributed by atoms with Crippen molar-refractivity contribution in [3.05, 3.63) is 36.4 Å². The van der Waals surface area contributed by atoms with E-state index in [1.165, 1.54) is 55.0 Å². The second-order valence-electron chi connectivity index (χ2n) is 6.89. The Bertz CT molecular complexity index is 793. The zero-order valence-electron chi connectivity index (χ0n) is 13.8. The molecule has 0 aliphatic heterocycles. The molecular weight excluding hydrogens is 284 g/mol. The number of fused-ring (bicyclic) bond motifs is 1. The normalized spacial score (nSPS) is 16.2. The molecule has 1 aliphatic rings. The van der Waals surface area contributed by atoms with E-state index >= 15 is 0 Å². The van der Waals surface area contributed by atoms with E-state index in [0.29, 0.717) is 0 Å². The maximum absolute atomic E-state index is 4.62. The lowest BCUT2D eigenvalue weighted by Gasteiger charge is -2.21. The number of rotatable bonds is 4. The zero-order chi connectivity index (χ0) is 15.6. The van der Waals surface area contributed by atoms with Gasteiger partial charge in [-0.3, -0.25) is 4.68 Å². The molecule has 3 heterocycles. The number of pyridine rings is 1. The van der Waals surface area contributed by atoms with E-state index < -0.39 is 0 Å². The van der Waals surface area contributed by atoms with Gasteiger partial charge in [0.25, 0.3) is 0 Å². The minimum atomic E-state index is 0.920. The monoisotopic (exact) mass is 308 g/mol. The minimum absolute atomic E-state index is 0.920. The minimum Gasteiger partial charge on any atom is -0.346 e. The molecule has 1 fully saturated rings. The molecule has 0 radical (unpaired) electrons. The summed E-state index contributed by atoms with van der Waals surface area (Å²) in [6.45, 7) is 0. The average molecular weight is 308 g/mol. The first-order valence-corrected chi connectivity index (χ1v) is 8.74. The lowest BCUT2D eigenvalue weighted by Crippen LogP contribution is -2.07. The van der Waals surface area contributed by atoms with Crippen molar-refractivity contribution in [2.75, 3.05) is 0 Å². The molecule has 4 heteroatoms. The van der Waals surface area contributed by atoms with Crippen LogP contribution < -0.4 is 0 Å². The highest BCUT2D eigenvalue weighted by atomic mass is 15.2. The molecule has 0 aromatic carbocycles. The van der Waals surface area contributed by atoms with E-state index in [-0.39, 0.29) is 0 Å². The maximum Gasteiger partial charge on any atom is 0.137 e. The predicted molar refractivity (Wildman–Crippen MR) is 93.2 cm³/mol. The molecule has 0 amide bonds. The number of H-pyrrole nitrogens is 1. The first-order chi connectivity index (χ1) is 11.3. The van der Waals surface area contributed by atoms with Crippen molar-refractivity contribution in [1.82, 2.24) is 19.7 Å². The van der Waals surface area contributed by atoms with Gasteiger partial charge in [0, 0.05) is 42.2 Å². The molecule has 1 N–H and O–H groups in total. The lowest BCUT2D eigenvalue weighted by atomic mass is 9.85. The molecule has 0 atom stereocenters. The van der Waals surface area contributed by atoms with E-state index in [1.54, 1.807) is 0 Å². The number of nitrogens with one attached hydrogen (secondary N) is 1. The first-order valence-electron chi connectivity index (χ1n) is 8.74. The van der Waals surface area contributed by atoms with Crippen LogP contribution in [-0.4, -0.2) is 19.7 Å². The van der Waals surface area contributed by atoms with Crippen LogP contribution in [0, 0.1) is 5.92 Å². The summed E-state index contributed by atoms with van der Waals surface area (Å²) in [5, 5.41) is 5.49. The van der Waals surface area contributed by atoms with Crippen molar-refractivity contribution in [1.29, 1.82) is 0 Å². The second-order valence-corrected chi connectivity index (χ2v) is 6.89. The topological polar surface area (TPSA) is 46.5 Å². The van der Waals surface area contributed by atoms with E-state index in [2.05, 4.69) is 27.3 Å². The van der Waals surface area contributed by atoms with E-state index in [9.17, 15) is 0 Å². The molecule has 23 heavy (non-hydrogen) atoms. The van der Waals surface area contributed by atoms with Crippen LogP contribution in [0.5, 0.6) is 0 Å². The molecular formula is C19H24N4. The van der Waals surface area contributed by atoms with Gasteiger partial charge in [0.1, 0.15) is 5.65 Å². The average Bonchev–Trinajstić information content (AvgIpc) is 3.19. The Labute approximate surface area is 136 Å². The van der Waals surface area contributed by atoms with Gasteiger partial charge in [-0.2, -0.15) is 5.10 Å². The maximum atomic E-state index is 4.62. The van der Waals surface area contributed by atoms with Crippen molar-refractivity contribution < 1.29 is 0 Å². The quantitative estimate of drug-likeness (QED) is 0.772. The highest BCUT2D eigenvalue weighted by Crippen LogP contribution is 2.30. The summed E-state index contributed by atoms with van der Waals surface area (Å²) in [6, 6.07) is 2.31. The highest BCUT2D eigenvalue weighted by Gasteiger charge is 2.14. The molecule has 1 aliphatic carbocycles. The standard InChI is InChI=1S/C19H24N4/c1-23-13-16(11-22-23)18-12-21-19-17(18)9-15(10-20-19)8-7-14-5-3-2-4-6-14/h9-14H,2-8H2,1H3,(H,20,21). The molecule has 4 nitrogen and oxygen atoms in total. The van der Waals surface area contributed by atoms with Gasteiger partial charge in [-0.05, 0) is 30.4 Å². The van der Waals surface area contributed by atoms with E-state index in [1.807, 2.05) is 30.3 Å². The van der Waals surface area contributed by atoms with Crippen molar-refractivity contribution >= 4 is 11.0 Å². The number of aromatic nitrogens is 4. The van der Waals surface area contributed by atoms with Crippen molar-refractivity contribution in [3.8, 4) is 11.1 Å². The Morgan fingerprint density at radius 2 is 2.09 bits per heavy atom. The first kappa shape index (κ1) is 14.5. The molecule has 0 saturated heterocycles. The number of hydrogen-bond donors (Lipinski definition) is 1. The van der Waals surface area contributed by atoms with Crippen LogP contribution in [0.25, 0.3) is 22.2 Å². The van der Waals surface area contributed by atoms with E-state index in [0.717, 1.165) is 23.5 Å². The van der Waals surface area contributed by atoms with E-state index in [4.69, 9.17) is 0 Å².